The van der Waals surface area contributed by atoms with E-state index < -0.39 is 30.1 Å². The van der Waals surface area contributed by atoms with E-state index in [1.54, 1.807) is 55.8 Å². The van der Waals surface area contributed by atoms with Gasteiger partial charge in [0.25, 0.3) is 5.92 Å². The number of likely N-dealkylation sites (tertiary alicyclic amines) is 1. The number of piperidine rings is 1. The highest BCUT2D eigenvalue weighted by Crippen LogP contribution is 2.42. The second-order valence-electron chi connectivity index (χ2n) is 8.85. The van der Waals surface area contributed by atoms with E-state index in [2.05, 4.69) is 10.7 Å². The van der Waals surface area contributed by atoms with Crippen molar-refractivity contribution in [1.29, 1.82) is 0 Å². The lowest BCUT2D eigenvalue weighted by Gasteiger charge is -2.39. The number of anilines is 1. The number of halogens is 2. The summed E-state index contributed by atoms with van der Waals surface area (Å²) in [5.74, 6) is -3.51. The number of alkyl halides is 2. The number of ether oxygens (including phenoxy) is 1. The number of nitrogens with one attached hydrogen (secondary N) is 1. The molecule has 1 aromatic heterocycles. The van der Waals surface area contributed by atoms with Crippen LogP contribution in [-0.4, -0.2) is 58.5 Å². The summed E-state index contributed by atoms with van der Waals surface area (Å²) in [6, 6.07) is 5.21. The smallest absolute Gasteiger partial charge is 0.410 e. The fraction of sp³-hybridized carbons (Fsp3) is 0.600. The van der Waals surface area contributed by atoms with Crippen LogP contribution >= 0.6 is 0 Å². The predicted molar refractivity (Wildman–Crippen MR) is 108 cm³/mol. The molecule has 4 rings (SSSR count). The minimum absolute atomic E-state index is 0.138. The van der Waals surface area contributed by atoms with E-state index in [1.165, 1.54) is 0 Å². The number of aryl methyl sites for hydroxylation is 1. The number of nitrogens with zero attached hydrogens (tertiary/aromatic N) is 4. The molecule has 0 spiro atoms. The Bertz CT molecular complexity index is 968. The van der Waals surface area contributed by atoms with E-state index in [-0.39, 0.29) is 13.0 Å². The average Bonchev–Trinajstić information content (AvgIpc) is 3.03. The molecule has 2 aliphatic heterocycles. The fourth-order valence-corrected chi connectivity index (χ4v) is 3.93. The molecule has 1 N–H and O–H groups in total. The fourth-order valence-electron chi connectivity index (χ4n) is 3.93. The minimum Gasteiger partial charge on any atom is -0.444 e. The summed E-state index contributed by atoms with van der Waals surface area (Å²) in [4.78, 5) is 23.5. The summed E-state index contributed by atoms with van der Waals surface area (Å²) in [5, 5.41) is 6.81. The molecule has 0 radical (unpaired) electrons. The molecule has 11 heteroatoms. The highest BCUT2D eigenvalue weighted by atomic mass is 19.3. The van der Waals surface area contributed by atoms with Gasteiger partial charge in [0.1, 0.15) is 5.60 Å². The Morgan fingerprint density at radius 2 is 2.10 bits per heavy atom. The molecule has 2 aromatic rings. The SMILES string of the molecule is Cn1nc(N2CCONO2)c2ccc(C3CCN(C(=O)OC(C)(C)C)CC3(F)F)cc21. The standard InChI is InChI=1S/C20H27F2N5O4/c1-19(2,3)30-18(28)26-8-7-15(20(21,22)12-26)13-5-6-14-16(11-13)25(4)23-17(14)27-9-10-29-24-31-27/h5-6,11,15,24H,7-10,12H2,1-4H3. The van der Waals surface area contributed by atoms with Gasteiger partial charge >= 0.3 is 6.09 Å². The van der Waals surface area contributed by atoms with Crippen LogP contribution in [-0.2, 0) is 21.6 Å². The van der Waals surface area contributed by atoms with Crippen molar-refractivity contribution in [2.24, 2.45) is 7.05 Å². The van der Waals surface area contributed by atoms with Gasteiger partial charge in [-0.2, -0.15) is 10.0 Å². The number of amides is 1. The summed E-state index contributed by atoms with van der Waals surface area (Å²) in [6.45, 7) is 5.56. The number of hydrogen-bond donors (Lipinski definition) is 1. The van der Waals surface area contributed by atoms with E-state index >= 15 is 8.78 Å². The maximum absolute atomic E-state index is 15.1. The molecule has 3 heterocycles. The van der Waals surface area contributed by atoms with Crippen LogP contribution < -0.4 is 10.7 Å². The number of carbonyl (C=O) groups is 1. The first kappa shape index (κ1) is 21.7. The lowest BCUT2D eigenvalue weighted by atomic mass is 9.86. The molecule has 9 nitrogen and oxygen atoms in total. The topological polar surface area (TPSA) is 81.1 Å². The molecule has 2 saturated heterocycles. The van der Waals surface area contributed by atoms with E-state index in [0.29, 0.717) is 30.0 Å². The minimum atomic E-state index is -3.08. The molecule has 1 atom stereocenters. The number of hydrogen-bond acceptors (Lipinski definition) is 7. The monoisotopic (exact) mass is 439 g/mol. The first-order valence-corrected chi connectivity index (χ1v) is 10.2. The lowest BCUT2D eigenvalue weighted by molar-refractivity contribution is -0.210. The summed E-state index contributed by atoms with van der Waals surface area (Å²) >= 11 is 0. The van der Waals surface area contributed by atoms with Crippen molar-refractivity contribution in [3.63, 3.8) is 0 Å². The van der Waals surface area contributed by atoms with Gasteiger partial charge in [0, 0.05) is 19.0 Å². The van der Waals surface area contributed by atoms with Crippen LogP contribution in [0.3, 0.4) is 0 Å². The van der Waals surface area contributed by atoms with Gasteiger partial charge < -0.3 is 9.64 Å². The first-order chi connectivity index (χ1) is 14.5. The van der Waals surface area contributed by atoms with E-state index in [4.69, 9.17) is 14.5 Å². The molecule has 1 amide bonds. The third-order valence-electron chi connectivity index (χ3n) is 5.35. The summed E-state index contributed by atoms with van der Waals surface area (Å²) in [5.41, 5.74) is 2.84. The molecule has 31 heavy (non-hydrogen) atoms. The molecule has 170 valence electrons. The molecular weight excluding hydrogens is 412 g/mol. The Labute approximate surface area is 178 Å². The number of fused-ring (bicyclic) bond motifs is 1. The molecule has 1 aromatic carbocycles. The summed E-state index contributed by atoms with van der Waals surface area (Å²) in [7, 11) is 1.76. The predicted octanol–water partition coefficient (Wildman–Crippen LogP) is 3.12. The Morgan fingerprint density at radius 3 is 2.74 bits per heavy atom. The normalized spacial score (nSPS) is 22.1. The molecule has 0 aliphatic carbocycles. The molecule has 0 bridgehead atoms. The van der Waals surface area contributed by atoms with Crippen molar-refractivity contribution in [3.8, 4) is 0 Å². The number of benzene rings is 1. The first-order valence-electron chi connectivity index (χ1n) is 10.2. The maximum Gasteiger partial charge on any atom is 0.410 e. The molecule has 0 saturated carbocycles. The van der Waals surface area contributed by atoms with Gasteiger partial charge in [0.05, 0.1) is 31.1 Å². The van der Waals surface area contributed by atoms with Gasteiger partial charge in [-0.25, -0.2) is 18.6 Å². The van der Waals surface area contributed by atoms with Crippen LogP contribution in [0.2, 0.25) is 0 Å². The Balaban J connectivity index is 1.56. The van der Waals surface area contributed by atoms with Crippen molar-refractivity contribution < 1.29 is 28.1 Å². The van der Waals surface area contributed by atoms with Crippen molar-refractivity contribution in [3.05, 3.63) is 23.8 Å². The highest BCUT2D eigenvalue weighted by Gasteiger charge is 2.47. The summed E-state index contributed by atoms with van der Waals surface area (Å²) < 4.78 is 37.0. The average molecular weight is 439 g/mol. The summed E-state index contributed by atoms with van der Waals surface area (Å²) in [6.07, 6.45) is -0.574. The van der Waals surface area contributed by atoms with Crippen LogP contribution in [0, 0.1) is 0 Å². The molecule has 2 fully saturated rings. The van der Waals surface area contributed by atoms with Gasteiger partial charge in [0.2, 0.25) is 0 Å². The largest absolute Gasteiger partial charge is 0.444 e. The van der Waals surface area contributed by atoms with Gasteiger partial charge in [-0.05, 0) is 44.9 Å². The second kappa shape index (κ2) is 7.88. The quantitative estimate of drug-likeness (QED) is 0.770. The van der Waals surface area contributed by atoms with Crippen LogP contribution in [0.25, 0.3) is 10.9 Å². The Kier molecular flexibility index (Phi) is 5.52. The van der Waals surface area contributed by atoms with Gasteiger partial charge in [-0.15, -0.1) is 0 Å². The van der Waals surface area contributed by atoms with E-state index in [9.17, 15) is 4.79 Å². The van der Waals surface area contributed by atoms with Crippen molar-refractivity contribution in [1.82, 2.24) is 20.3 Å². The third kappa shape index (κ3) is 4.43. The molecule has 2 aliphatic rings. The highest BCUT2D eigenvalue weighted by molar-refractivity contribution is 5.91. The zero-order valence-corrected chi connectivity index (χ0v) is 18.0. The number of aromatic nitrogens is 2. The maximum atomic E-state index is 15.1. The number of hydroxylamine groups is 1. The van der Waals surface area contributed by atoms with Crippen LogP contribution in [0.4, 0.5) is 19.4 Å². The van der Waals surface area contributed by atoms with Crippen molar-refractivity contribution >= 4 is 22.8 Å². The van der Waals surface area contributed by atoms with Crippen molar-refractivity contribution in [2.75, 3.05) is 31.3 Å². The molecule has 1 unspecified atom stereocenters. The van der Waals surface area contributed by atoms with Crippen LogP contribution in [0.5, 0.6) is 0 Å². The number of carbonyl (C=O) groups excluding carboxylic acids is 1. The Morgan fingerprint density at radius 1 is 1.32 bits per heavy atom. The van der Waals surface area contributed by atoms with E-state index in [1.807, 2.05) is 0 Å². The zero-order chi connectivity index (χ0) is 22.4. The van der Waals surface area contributed by atoms with Crippen LogP contribution in [0.15, 0.2) is 18.2 Å². The second-order valence-corrected chi connectivity index (χ2v) is 8.85. The number of rotatable bonds is 2. The van der Waals surface area contributed by atoms with Gasteiger partial charge in [-0.3, -0.25) is 9.52 Å². The van der Waals surface area contributed by atoms with Gasteiger partial charge in [-0.1, -0.05) is 11.7 Å². The van der Waals surface area contributed by atoms with Crippen molar-refractivity contribution in [2.45, 2.75) is 44.6 Å². The third-order valence-corrected chi connectivity index (χ3v) is 5.35. The Hall–Kier alpha value is -2.50. The van der Waals surface area contributed by atoms with Gasteiger partial charge in [0.15, 0.2) is 5.82 Å². The molecular formula is C20H27F2N5O4. The lowest BCUT2D eigenvalue weighted by Crippen LogP contribution is -2.50. The van der Waals surface area contributed by atoms with Crippen LogP contribution in [0.1, 0.15) is 38.7 Å². The van der Waals surface area contributed by atoms with E-state index in [0.717, 1.165) is 10.3 Å². The zero-order valence-electron chi connectivity index (χ0n) is 18.0.